The van der Waals surface area contributed by atoms with E-state index in [1.165, 1.54) is 18.5 Å². The Kier molecular flexibility index (Phi) is 5.01. The van der Waals surface area contributed by atoms with Crippen molar-refractivity contribution in [3.8, 4) is 5.75 Å². The molecule has 0 saturated carbocycles. The summed E-state index contributed by atoms with van der Waals surface area (Å²) < 4.78 is 12.4. The van der Waals surface area contributed by atoms with Gasteiger partial charge in [0, 0.05) is 0 Å². The van der Waals surface area contributed by atoms with Crippen LogP contribution in [0.25, 0.3) is 0 Å². The first kappa shape index (κ1) is 16.8. The molecule has 1 aliphatic heterocycles. The van der Waals surface area contributed by atoms with Crippen LogP contribution in [0.3, 0.4) is 0 Å². The largest absolute Gasteiger partial charge is 0.494 e. The maximum atomic E-state index is 6.55. The van der Waals surface area contributed by atoms with Crippen LogP contribution in [0, 0.1) is 0 Å². The molecule has 1 fully saturated rings. The van der Waals surface area contributed by atoms with Gasteiger partial charge in [-0.25, -0.2) is 0 Å². The van der Waals surface area contributed by atoms with Gasteiger partial charge in [-0.2, -0.15) is 0 Å². The molecule has 0 bridgehead atoms. The van der Waals surface area contributed by atoms with Crippen molar-refractivity contribution in [3.63, 3.8) is 0 Å². The molecule has 1 aliphatic rings. The minimum atomic E-state index is -1.53. The quantitative estimate of drug-likeness (QED) is 0.560. The highest BCUT2D eigenvalue weighted by molar-refractivity contribution is 7.38. The molecule has 2 nitrogen and oxygen atoms in total. The average Bonchev–Trinajstić information content (AvgIpc) is 2.40. The van der Waals surface area contributed by atoms with E-state index in [-0.39, 0.29) is 5.60 Å². The molecule has 2 rings (SSSR count). The van der Waals surface area contributed by atoms with Crippen LogP contribution in [0.4, 0.5) is 0 Å². The first-order chi connectivity index (χ1) is 9.74. The van der Waals surface area contributed by atoms with Gasteiger partial charge in [0.2, 0.25) is 0 Å². The molecule has 4 heteroatoms. The first-order valence-electron chi connectivity index (χ1n) is 8.12. The Labute approximate surface area is 131 Å². The van der Waals surface area contributed by atoms with Crippen molar-refractivity contribution in [1.82, 2.24) is 0 Å². The number of benzene rings is 1. The topological polar surface area (TPSA) is 18.5 Å². The Hall–Kier alpha value is -0.586. The lowest BCUT2D eigenvalue weighted by Crippen LogP contribution is -2.65. The van der Waals surface area contributed by atoms with Gasteiger partial charge in [-0.1, -0.05) is 36.8 Å². The van der Waals surface area contributed by atoms with Crippen molar-refractivity contribution in [2.75, 3.05) is 6.61 Å². The maximum absolute atomic E-state index is 6.55. The smallest absolute Gasteiger partial charge is 0.174 e. The second-order valence-corrected chi connectivity index (χ2v) is 22.3. The molecule has 1 unspecified atom stereocenters. The highest BCUT2D eigenvalue weighted by Crippen LogP contribution is 2.41. The third-order valence-electron chi connectivity index (χ3n) is 5.15. The molecule has 21 heavy (non-hydrogen) atoms. The molecule has 1 aromatic rings. The van der Waals surface area contributed by atoms with E-state index in [4.69, 9.17) is 9.16 Å². The fourth-order valence-corrected chi connectivity index (χ4v) is 14.7. The van der Waals surface area contributed by atoms with E-state index in [2.05, 4.69) is 33.5 Å². The molecule has 0 aliphatic carbocycles. The van der Waals surface area contributed by atoms with Gasteiger partial charge in [0.15, 0.2) is 7.83 Å². The van der Waals surface area contributed by atoms with E-state index in [0.29, 0.717) is 0 Å². The lowest BCUT2D eigenvalue weighted by atomic mass is 10.1. The number of hydrogen-bond acceptors (Lipinski definition) is 2. The number of rotatable bonds is 5. The highest BCUT2D eigenvalue weighted by Gasteiger charge is 2.52. The van der Waals surface area contributed by atoms with Crippen molar-refractivity contribution < 1.29 is 9.16 Å². The molecule has 1 atom stereocenters. The van der Waals surface area contributed by atoms with Crippen LogP contribution in [0.1, 0.15) is 26.7 Å². The summed E-state index contributed by atoms with van der Waals surface area (Å²) in [5.41, 5.74) is 0.1000. The molecule has 1 saturated heterocycles. The van der Waals surface area contributed by atoms with Crippen molar-refractivity contribution in [2.45, 2.75) is 64.0 Å². The Morgan fingerprint density at radius 2 is 1.81 bits per heavy atom. The fourth-order valence-electron chi connectivity index (χ4n) is 3.34. The summed E-state index contributed by atoms with van der Waals surface area (Å²) in [4.78, 5) is 0. The van der Waals surface area contributed by atoms with Crippen molar-refractivity contribution >= 4 is 15.4 Å². The van der Waals surface area contributed by atoms with E-state index in [1.807, 2.05) is 30.3 Å². The lowest BCUT2D eigenvalue weighted by Gasteiger charge is -2.51. The molecule has 118 valence electrons. The standard InChI is InChI=1S/C17H30O2Si2/c1-17(2)12-15-21(5,20(3,4)19-17)14-9-13-18-16-10-7-6-8-11-16/h6-8,10-11H,9,12-15H2,1-5H3. The van der Waals surface area contributed by atoms with Crippen molar-refractivity contribution in [2.24, 2.45) is 0 Å². The van der Waals surface area contributed by atoms with Crippen LogP contribution < -0.4 is 4.74 Å². The predicted molar refractivity (Wildman–Crippen MR) is 95.0 cm³/mol. The minimum Gasteiger partial charge on any atom is -0.494 e. The molecule has 1 aromatic carbocycles. The zero-order chi connectivity index (χ0) is 15.6. The number of ether oxygens (including phenoxy) is 1. The Morgan fingerprint density at radius 3 is 2.43 bits per heavy atom. The predicted octanol–water partition coefficient (Wildman–Crippen LogP) is 5.02. The zero-order valence-corrected chi connectivity index (χ0v) is 16.2. The SMILES string of the molecule is CC1(C)CC[Si](C)(CCCOc2ccccc2)[Si](C)(C)O1. The van der Waals surface area contributed by atoms with E-state index in [9.17, 15) is 0 Å². The van der Waals surface area contributed by atoms with Crippen LogP contribution in [-0.4, -0.2) is 27.6 Å². The van der Waals surface area contributed by atoms with E-state index >= 15 is 0 Å². The normalized spacial score (nSPS) is 27.3. The summed E-state index contributed by atoms with van der Waals surface area (Å²) in [6.07, 6.45) is 2.39. The lowest BCUT2D eigenvalue weighted by molar-refractivity contribution is 0.0930. The second-order valence-electron chi connectivity index (χ2n) is 7.70. The minimum absolute atomic E-state index is 0.1000. The summed E-state index contributed by atoms with van der Waals surface area (Å²) in [7, 11) is -2.78. The summed E-state index contributed by atoms with van der Waals surface area (Å²) in [5, 5.41) is 0. The molecular weight excluding hydrogens is 292 g/mol. The van der Waals surface area contributed by atoms with Crippen LogP contribution in [0.2, 0.25) is 31.7 Å². The first-order valence-corrected chi connectivity index (χ1v) is 14.9. The van der Waals surface area contributed by atoms with Gasteiger partial charge in [-0.3, -0.25) is 0 Å². The summed E-state index contributed by atoms with van der Waals surface area (Å²) in [6.45, 7) is 12.8. The molecule has 0 aromatic heterocycles. The third-order valence-corrected chi connectivity index (χ3v) is 22.5. The number of hydrogen-bond donors (Lipinski definition) is 0. The fraction of sp³-hybridized carbons (Fsp3) is 0.647. The van der Waals surface area contributed by atoms with Gasteiger partial charge in [0.1, 0.15) is 5.75 Å². The summed E-state index contributed by atoms with van der Waals surface area (Å²) in [5.74, 6) is 0.988. The van der Waals surface area contributed by atoms with Gasteiger partial charge in [0.05, 0.1) is 19.8 Å². The molecule has 0 N–H and O–H groups in total. The second kappa shape index (κ2) is 6.27. The molecule has 0 amide bonds. The van der Waals surface area contributed by atoms with Crippen molar-refractivity contribution in [1.29, 1.82) is 0 Å². The highest BCUT2D eigenvalue weighted by atomic mass is 29.3. The van der Waals surface area contributed by atoms with Crippen molar-refractivity contribution in [3.05, 3.63) is 30.3 Å². The Balaban J connectivity index is 1.84. The Bertz CT molecular complexity index is 459. The van der Waals surface area contributed by atoms with Crippen LogP contribution >= 0.6 is 0 Å². The van der Waals surface area contributed by atoms with E-state index in [1.54, 1.807) is 0 Å². The maximum Gasteiger partial charge on any atom is 0.174 e. The molecule has 1 heterocycles. The van der Waals surface area contributed by atoms with Crippen LogP contribution in [-0.2, 0) is 4.43 Å². The average molecular weight is 323 g/mol. The molecular formula is C17H30O2Si2. The van der Waals surface area contributed by atoms with Gasteiger partial charge in [0.25, 0.3) is 0 Å². The van der Waals surface area contributed by atoms with E-state index in [0.717, 1.165) is 18.8 Å². The van der Waals surface area contributed by atoms with Gasteiger partial charge in [-0.15, -0.1) is 0 Å². The van der Waals surface area contributed by atoms with Gasteiger partial charge in [-0.05, 0) is 51.9 Å². The van der Waals surface area contributed by atoms with Crippen LogP contribution in [0.15, 0.2) is 30.3 Å². The number of para-hydroxylation sites is 1. The van der Waals surface area contributed by atoms with Crippen LogP contribution in [0.5, 0.6) is 5.75 Å². The van der Waals surface area contributed by atoms with E-state index < -0.39 is 15.4 Å². The summed E-state index contributed by atoms with van der Waals surface area (Å²) in [6, 6.07) is 12.9. The Morgan fingerprint density at radius 1 is 1.14 bits per heavy atom. The molecule has 0 spiro atoms. The van der Waals surface area contributed by atoms with Gasteiger partial charge < -0.3 is 9.16 Å². The monoisotopic (exact) mass is 322 g/mol. The zero-order valence-electron chi connectivity index (χ0n) is 14.2. The summed E-state index contributed by atoms with van der Waals surface area (Å²) >= 11 is 0. The van der Waals surface area contributed by atoms with Gasteiger partial charge >= 0.3 is 0 Å². The third kappa shape index (κ3) is 4.21. The molecule has 0 radical (unpaired) electrons.